The summed E-state index contributed by atoms with van der Waals surface area (Å²) in [4.78, 5) is 5.93. The summed E-state index contributed by atoms with van der Waals surface area (Å²) in [7, 11) is 0. The van der Waals surface area contributed by atoms with Gasteiger partial charge in [-0.1, -0.05) is 29.8 Å². The van der Waals surface area contributed by atoms with Gasteiger partial charge in [-0.25, -0.2) is 4.98 Å². The zero-order chi connectivity index (χ0) is 10.8. The molecule has 0 spiro atoms. The lowest BCUT2D eigenvalue weighted by Crippen LogP contribution is -2.33. The van der Waals surface area contributed by atoms with Gasteiger partial charge in [0.1, 0.15) is 10.3 Å². The van der Waals surface area contributed by atoms with Crippen LogP contribution in [0.5, 0.6) is 0 Å². The maximum absolute atomic E-state index is 5.83. The van der Waals surface area contributed by atoms with Gasteiger partial charge in [0.2, 0.25) is 0 Å². The van der Waals surface area contributed by atoms with Gasteiger partial charge in [-0.2, -0.15) is 0 Å². The van der Waals surface area contributed by atoms with Crippen molar-refractivity contribution in [2.24, 2.45) is 0 Å². The van der Waals surface area contributed by atoms with Crippen molar-refractivity contribution in [1.29, 1.82) is 0 Å². The van der Waals surface area contributed by atoms with Crippen LogP contribution in [0.15, 0.2) is 24.4 Å². The highest BCUT2D eigenvalue weighted by Crippen LogP contribution is 2.26. The second kappa shape index (κ2) is 4.39. The molecule has 0 amide bonds. The van der Waals surface area contributed by atoms with Crippen LogP contribution in [-0.4, -0.2) is 24.7 Å². The van der Waals surface area contributed by atoms with E-state index < -0.39 is 0 Å². The molecule has 0 atom stereocenters. The second-order valence-electron chi connectivity index (χ2n) is 3.24. The first-order chi connectivity index (χ1) is 7.16. The van der Waals surface area contributed by atoms with Gasteiger partial charge in [-0.15, -0.1) is 0 Å². The molecule has 0 radical (unpaired) electrons. The summed E-state index contributed by atoms with van der Waals surface area (Å²) in [6.45, 7) is 5.90. The molecule has 2 heterocycles. The number of halogens is 2. The van der Waals surface area contributed by atoms with E-state index >= 15 is 0 Å². The van der Waals surface area contributed by atoms with E-state index in [1.165, 1.54) is 0 Å². The molecule has 1 aromatic rings. The number of anilines is 1. The predicted octanol–water partition coefficient (Wildman–Crippen LogP) is 2.74. The van der Waals surface area contributed by atoms with Crippen molar-refractivity contribution in [2.45, 2.75) is 0 Å². The third-order valence-corrected chi connectivity index (χ3v) is 2.56. The molecule has 80 valence electrons. The third-order valence-electron chi connectivity index (χ3n) is 2.17. The molecule has 1 aliphatic heterocycles. The minimum Gasteiger partial charge on any atom is -0.373 e. The van der Waals surface area contributed by atoms with Crippen LogP contribution in [-0.2, 0) is 4.74 Å². The molecule has 1 aromatic heterocycles. The normalized spacial score (nSPS) is 16.9. The van der Waals surface area contributed by atoms with E-state index in [0.717, 1.165) is 17.9 Å². The molecule has 1 saturated heterocycles. The van der Waals surface area contributed by atoms with Crippen molar-refractivity contribution in [3.05, 3.63) is 34.7 Å². The first kappa shape index (κ1) is 10.7. The summed E-state index contributed by atoms with van der Waals surface area (Å²) >= 11 is 11.7. The number of nitrogens with zero attached hydrogens (tertiary/aromatic N) is 2. The molecule has 0 bridgehead atoms. The lowest BCUT2D eigenvalue weighted by molar-refractivity contribution is 0.143. The van der Waals surface area contributed by atoms with Gasteiger partial charge in [0.25, 0.3) is 0 Å². The Balaban J connectivity index is 2.31. The number of aromatic nitrogens is 1. The van der Waals surface area contributed by atoms with Crippen molar-refractivity contribution in [3.63, 3.8) is 0 Å². The predicted molar refractivity (Wildman–Crippen MR) is 61.6 cm³/mol. The molecule has 2 rings (SSSR count). The maximum atomic E-state index is 5.83. The Morgan fingerprint density at radius 1 is 1.33 bits per heavy atom. The van der Waals surface area contributed by atoms with E-state index in [1.807, 2.05) is 4.90 Å². The van der Waals surface area contributed by atoms with Gasteiger partial charge in [0.15, 0.2) is 0 Å². The van der Waals surface area contributed by atoms with Gasteiger partial charge in [-0.3, -0.25) is 0 Å². The highest BCUT2D eigenvalue weighted by Gasteiger charge is 2.16. The van der Waals surface area contributed by atoms with Crippen LogP contribution >= 0.6 is 23.2 Å². The van der Waals surface area contributed by atoms with Crippen LogP contribution in [0.4, 0.5) is 5.69 Å². The highest BCUT2D eigenvalue weighted by molar-refractivity contribution is 6.32. The average molecular weight is 245 g/mol. The zero-order valence-electron chi connectivity index (χ0n) is 8.04. The minimum atomic E-state index is 0.386. The van der Waals surface area contributed by atoms with Crippen molar-refractivity contribution in [2.75, 3.05) is 24.7 Å². The summed E-state index contributed by atoms with van der Waals surface area (Å²) in [5.74, 6) is 0. The van der Waals surface area contributed by atoms with E-state index in [1.54, 1.807) is 12.1 Å². The molecular formula is C10H10Cl2N2O. The number of hydrogen-bond donors (Lipinski definition) is 0. The SMILES string of the molecule is C=C1COCCN1c1cc(Cl)nc(Cl)c1. The number of hydrogen-bond acceptors (Lipinski definition) is 3. The van der Waals surface area contributed by atoms with Crippen LogP contribution < -0.4 is 4.90 Å². The Morgan fingerprint density at radius 2 is 2.00 bits per heavy atom. The Bertz CT molecular complexity index is 375. The van der Waals surface area contributed by atoms with Gasteiger partial charge in [-0.05, 0) is 12.1 Å². The summed E-state index contributed by atoms with van der Waals surface area (Å²) in [6, 6.07) is 3.54. The Kier molecular flexibility index (Phi) is 3.14. The van der Waals surface area contributed by atoms with Gasteiger partial charge in [0.05, 0.1) is 13.2 Å². The van der Waals surface area contributed by atoms with Crippen molar-refractivity contribution >= 4 is 28.9 Å². The number of morpholine rings is 1. The zero-order valence-corrected chi connectivity index (χ0v) is 9.55. The lowest BCUT2D eigenvalue weighted by atomic mass is 10.3. The van der Waals surface area contributed by atoms with E-state index in [2.05, 4.69) is 11.6 Å². The molecule has 0 aromatic carbocycles. The molecule has 1 fully saturated rings. The molecular weight excluding hydrogens is 235 g/mol. The average Bonchev–Trinajstić information content (AvgIpc) is 2.16. The van der Waals surface area contributed by atoms with Crippen molar-refractivity contribution in [3.8, 4) is 0 Å². The fourth-order valence-electron chi connectivity index (χ4n) is 1.50. The Morgan fingerprint density at radius 3 is 2.60 bits per heavy atom. The fourth-order valence-corrected chi connectivity index (χ4v) is 1.95. The monoisotopic (exact) mass is 244 g/mol. The van der Waals surface area contributed by atoms with Crippen LogP contribution in [0.3, 0.4) is 0 Å². The molecule has 0 N–H and O–H groups in total. The highest BCUT2D eigenvalue weighted by atomic mass is 35.5. The van der Waals surface area contributed by atoms with Crippen LogP contribution in [0.1, 0.15) is 0 Å². The molecule has 1 aliphatic rings. The van der Waals surface area contributed by atoms with Gasteiger partial charge >= 0.3 is 0 Å². The van der Waals surface area contributed by atoms with E-state index in [9.17, 15) is 0 Å². The standard InChI is InChI=1S/C10H10Cl2N2O/c1-7-6-15-3-2-14(7)8-4-9(11)13-10(12)5-8/h4-5H,1-3,6H2. The summed E-state index contributed by atoms with van der Waals surface area (Å²) in [5.41, 5.74) is 1.81. The van der Waals surface area contributed by atoms with Crippen LogP contribution in [0, 0.1) is 0 Å². The summed E-state index contributed by atoms with van der Waals surface area (Å²) in [5, 5.41) is 0.772. The molecule has 0 unspecified atom stereocenters. The molecule has 3 nitrogen and oxygen atoms in total. The summed E-state index contributed by atoms with van der Waals surface area (Å²) < 4.78 is 5.27. The molecule has 0 aliphatic carbocycles. The summed E-state index contributed by atoms with van der Waals surface area (Å²) in [6.07, 6.45) is 0. The molecule has 0 saturated carbocycles. The molecule has 15 heavy (non-hydrogen) atoms. The van der Waals surface area contributed by atoms with Crippen LogP contribution in [0.25, 0.3) is 0 Å². The quantitative estimate of drug-likeness (QED) is 0.711. The minimum absolute atomic E-state index is 0.386. The number of ether oxygens (including phenoxy) is 1. The third kappa shape index (κ3) is 2.43. The van der Waals surface area contributed by atoms with E-state index in [-0.39, 0.29) is 0 Å². The van der Waals surface area contributed by atoms with Crippen LogP contribution in [0.2, 0.25) is 10.3 Å². The largest absolute Gasteiger partial charge is 0.373 e. The second-order valence-corrected chi connectivity index (χ2v) is 4.02. The Hall–Kier alpha value is -0.770. The van der Waals surface area contributed by atoms with Crippen molar-refractivity contribution in [1.82, 2.24) is 4.98 Å². The first-order valence-corrected chi connectivity index (χ1v) is 5.28. The number of pyridine rings is 1. The first-order valence-electron chi connectivity index (χ1n) is 4.53. The topological polar surface area (TPSA) is 25.4 Å². The Labute approximate surface area is 98.3 Å². The molecule has 5 heteroatoms. The smallest absolute Gasteiger partial charge is 0.132 e. The van der Waals surface area contributed by atoms with Crippen molar-refractivity contribution < 1.29 is 4.74 Å². The van der Waals surface area contributed by atoms with Gasteiger partial charge in [0, 0.05) is 17.9 Å². The number of rotatable bonds is 1. The van der Waals surface area contributed by atoms with Gasteiger partial charge < -0.3 is 9.64 Å². The lowest BCUT2D eigenvalue weighted by Gasteiger charge is -2.30. The fraction of sp³-hybridized carbons (Fsp3) is 0.300. The van der Waals surface area contributed by atoms with E-state index in [4.69, 9.17) is 27.9 Å². The van der Waals surface area contributed by atoms with E-state index in [0.29, 0.717) is 23.5 Å². The maximum Gasteiger partial charge on any atom is 0.132 e.